The number of thiophene rings is 1. The van der Waals surface area contributed by atoms with E-state index in [4.69, 9.17) is 9.73 Å². The Kier molecular flexibility index (Phi) is 5.32. The van der Waals surface area contributed by atoms with Crippen molar-refractivity contribution in [3.63, 3.8) is 0 Å². The van der Waals surface area contributed by atoms with Crippen LogP contribution in [0.25, 0.3) is 0 Å². The van der Waals surface area contributed by atoms with E-state index in [9.17, 15) is 4.79 Å². The van der Waals surface area contributed by atoms with Gasteiger partial charge in [-0.2, -0.15) is 0 Å². The molecule has 0 bridgehead atoms. The van der Waals surface area contributed by atoms with Gasteiger partial charge in [0.15, 0.2) is 5.82 Å². The molecular formula is C20H25N5O2S. The summed E-state index contributed by atoms with van der Waals surface area (Å²) in [5, 5.41) is 7.08. The summed E-state index contributed by atoms with van der Waals surface area (Å²) >= 11 is 1.56. The van der Waals surface area contributed by atoms with E-state index in [1.165, 1.54) is 0 Å². The van der Waals surface area contributed by atoms with Crippen molar-refractivity contribution < 1.29 is 9.53 Å². The number of hydrogen-bond donors (Lipinski definition) is 2. The first kappa shape index (κ1) is 18.9. The lowest BCUT2D eigenvalue weighted by molar-refractivity contribution is 0.0710. The van der Waals surface area contributed by atoms with Gasteiger partial charge >= 0.3 is 0 Å². The van der Waals surface area contributed by atoms with Crippen molar-refractivity contribution in [3.8, 4) is 0 Å². The molecule has 1 fully saturated rings. The van der Waals surface area contributed by atoms with E-state index in [0.717, 1.165) is 39.9 Å². The van der Waals surface area contributed by atoms with Crippen LogP contribution >= 0.6 is 11.3 Å². The Labute approximate surface area is 168 Å². The second-order valence-corrected chi connectivity index (χ2v) is 8.45. The second-order valence-electron chi connectivity index (χ2n) is 7.16. The molecule has 0 saturated carbocycles. The summed E-state index contributed by atoms with van der Waals surface area (Å²) in [6.45, 7) is 4.55. The molecular weight excluding hydrogens is 374 g/mol. The highest BCUT2D eigenvalue weighted by atomic mass is 32.1. The molecule has 4 heterocycles. The monoisotopic (exact) mass is 399 g/mol. The van der Waals surface area contributed by atoms with E-state index in [2.05, 4.69) is 15.6 Å². The van der Waals surface area contributed by atoms with Crippen LogP contribution in [0.2, 0.25) is 0 Å². The van der Waals surface area contributed by atoms with Gasteiger partial charge in [0, 0.05) is 31.3 Å². The minimum Gasteiger partial charge on any atom is -0.383 e. The lowest BCUT2D eigenvalue weighted by Gasteiger charge is -2.46. The molecule has 4 rings (SSSR count). The van der Waals surface area contributed by atoms with E-state index in [1.807, 2.05) is 36.1 Å². The molecule has 28 heavy (non-hydrogen) atoms. The van der Waals surface area contributed by atoms with Gasteiger partial charge in [0.25, 0.3) is 5.91 Å². The predicted molar refractivity (Wildman–Crippen MR) is 113 cm³/mol. The number of carbonyl (C=O) groups is 1. The number of hydrogen-bond acceptors (Lipinski definition) is 6. The van der Waals surface area contributed by atoms with Gasteiger partial charge in [-0.25, -0.2) is 4.98 Å². The third kappa shape index (κ3) is 3.62. The molecule has 2 N–H and O–H groups in total. The lowest BCUT2D eigenvalue weighted by Crippen LogP contribution is -2.59. The summed E-state index contributed by atoms with van der Waals surface area (Å²) in [5.41, 5.74) is 0.660. The van der Waals surface area contributed by atoms with Gasteiger partial charge in [-0.3, -0.25) is 9.79 Å². The zero-order chi connectivity index (χ0) is 19.6. The standard InChI is InChI=1S/C20H25N5O2S/c1-14-5-6-16(28-14)18(26)25-11-7-20(8-12-25)19(22-10-13-27-2)23-17-15(24-20)4-3-9-21-17/h3-6,9,24H,7-8,10-13H2,1-2H3,(H,21,22,23). The van der Waals surface area contributed by atoms with Gasteiger partial charge in [0.2, 0.25) is 0 Å². The molecule has 0 atom stereocenters. The Morgan fingerprint density at radius 2 is 2.18 bits per heavy atom. The van der Waals surface area contributed by atoms with Crippen molar-refractivity contribution in [2.75, 3.05) is 44.0 Å². The topological polar surface area (TPSA) is 78.8 Å². The highest BCUT2D eigenvalue weighted by Crippen LogP contribution is 2.36. The molecule has 148 valence electrons. The molecule has 1 saturated heterocycles. The van der Waals surface area contributed by atoms with Crippen molar-refractivity contribution in [3.05, 3.63) is 40.2 Å². The first-order valence-corrected chi connectivity index (χ1v) is 10.3. The minimum absolute atomic E-state index is 0.122. The zero-order valence-electron chi connectivity index (χ0n) is 16.2. The van der Waals surface area contributed by atoms with Crippen molar-refractivity contribution in [1.82, 2.24) is 9.88 Å². The molecule has 1 amide bonds. The molecule has 0 aliphatic carbocycles. The van der Waals surface area contributed by atoms with E-state index in [0.29, 0.717) is 26.2 Å². The van der Waals surface area contributed by atoms with Crippen LogP contribution in [0.1, 0.15) is 27.4 Å². The van der Waals surface area contributed by atoms with E-state index >= 15 is 0 Å². The number of aryl methyl sites for hydroxylation is 1. The van der Waals surface area contributed by atoms with Gasteiger partial charge in [0.1, 0.15) is 5.84 Å². The molecule has 1 spiro atoms. The zero-order valence-corrected chi connectivity index (χ0v) is 17.0. The normalized spacial score (nSPS) is 19.2. The number of fused-ring (bicyclic) bond motifs is 1. The Morgan fingerprint density at radius 3 is 2.89 bits per heavy atom. The predicted octanol–water partition coefficient (Wildman–Crippen LogP) is 3.01. The maximum absolute atomic E-state index is 12.8. The molecule has 0 radical (unpaired) electrons. The third-order valence-electron chi connectivity index (χ3n) is 5.29. The molecule has 2 aliphatic rings. The lowest BCUT2D eigenvalue weighted by atomic mass is 9.84. The van der Waals surface area contributed by atoms with Gasteiger partial charge in [-0.15, -0.1) is 11.3 Å². The van der Waals surface area contributed by atoms with Crippen LogP contribution < -0.4 is 10.6 Å². The number of aromatic nitrogens is 1. The number of nitrogens with zero attached hydrogens (tertiary/aromatic N) is 3. The second kappa shape index (κ2) is 7.89. The number of ether oxygens (including phenoxy) is 1. The molecule has 7 nitrogen and oxygen atoms in total. The highest BCUT2D eigenvalue weighted by molar-refractivity contribution is 7.13. The number of nitrogens with one attached hydrogen (secondary N) is 2. The van der Waals surface area contributed by atoms with E-state index in [1.54, 1.807) is 24.6 Å². The fourth-order valence-electron chi connectivity index (χ4n) is 3.75. The Balaban J connectivity index is 1.54. The molecule has 2 aliphatic heterocycles. The SMILES string of the molecule is COCCN=C1Nc2ncccc2NC12CCN(C(=O)c1ccc(C)s1)CC2. The number of amidine groups is 1. The largest absolute Gasteiger partial charge is 0.383 e. The van der Waals surface area contributed by atoms with Gasteiger partial charge < -0.3 is 20.3 Å². The molecule has 2 aromatic rings. The highest BCUT2D eigenvalue weighted by Gasteiger charge is 2.43. The average Bonchev–Trinajstić information content (AvgIpc) is 3.15. The van der Waals surface area contributed by atoms with Gasteiger partial charge in [-0.1, -0.05) is 0 Å². The summed E-state index contributed by atoms with van der Waals surface area (Å²) in [4.78, 5) is 25.9. The Morgan fingerprint density at radius 1 is 1.36 bits per heavy atom. The number of pyridine rings is 1. The number of methoxy groups -OCH3 is 1. The number of likely N-dealkylation sites (tertiary alicyclic amines) is 1. The maximum atomic E-state index is 12.8. The molecule has 8 heteroatoms. The number of piperidine rings is 1. The molecule has 2 aromatic heterocycles. The summed E-state index contributed by atoms with van der Waals surface area (Å²) in [5.74, 6) is 1.79. The number of rotatable bonds is 4. The molecule has 0 unspecified atom stereocenters. The summed E-state index contributed by atoms with van der Waals surface area (Å²) < 4.78 is 5.15. The van der Waals surface area contributed by atoms with Crippen molar-refractivity contribution >= 4 is 34.6 Å². The Hall–Kier alpha value is -2.45. The Bertz CT molecular complexity index is 886. The van der Waals surface area contributed by atoms with Gasteiger partial charge in [-0.05, 0) is 44.0 Å². The quantitative estimate of drug-likeness (QED) is 0.773. The van der Waals surface area contributed by atoms with Crippen LogP contribution in [-0.2, 0) is 4.74 Å². The first-order chi connectivity index (χ1) is 13.6. The van der Waals surface area contributed by atoms with Crippen LogP contribution in [0.3, 0.4) is 0 Å². The first-order valence-electron chi connectivity index (χ1n) is 9.51. The summed E-state index contributed by atoms with van der Waals surface area (Å²) in [6, 6.07) is 7.87. The van der Waals surface area contributed by atoms with Gasteiger partial charge in [0.05, 0.1) is 29.3 Å². The summed E-state index contributed by atoms with van der Waals surface area (Å²) in [6.07, 6.45) is 3.34. The van der Waals surface area contributed by atoms with Crippen molar-refractivity contribution in [1.29, 1.82) is 0 Å². The third-order valence-corrected chi connectivity index (χ3v) is 6.28. The smallest absolute Gasteiger partial charge is 0.263 e. The van der Waals surface area contributed by atoms with Crippen LogP contribution in [0.5, 0.6) is 0 Å². The minimum atomic E-state index is -0.314. The summed E-state index contributed by atoms with van der Waals surface area (Å²) in [7, 11) is 1.68. The number of anilines is 2. The van der Waals surface area contributed by atoms with E-state index < -0.39 is 0 Å². The number of amides is 1. The fraction of sp³-hybridized carbons (Fsp3) is 0.450. The number of aliphatic imine (C=N–C) groups is 1. The van der Waals surface area contributed by atoms with Crippen LogP contribution in [0.4, 0.5) is 11.5 Å². The molecule has 0 aromatic carbocycles. The average molecular weight is 400 g/mol. The fourth-order valence-corrected chi connectivity index (χ4v) is 4.59. The van der Waals surface area contributed by atoms with Crippen LogP contribution in [0, 0.1) is 6.92 Å². The number of carbonyl (C=O) groups excluding carboxylic acids is 1. The maximum Gasteiger partial charge on any atom is 0.263 e. The van der Waals surface area contributed by atoms with Crippen molar-refractivity contribution in [2.24, 2.45) is 4.99 Å². The van der Waals surface area contributed by atoms with Crippen LogP contribution in [0.15, 0.2) is 35.5 Å². The van der Waals surface area contributed by atoms with Crippen molar-refractivity contribution in [2.45, 2.75) is 25.3 Å². The van der Waals surface area contributed by atoms with E-state index in [-0.39, 0.29) is 11.4 Å². The van der Waals surface area contributed by atoms with Crippen LogP contribution in [-0.4, -0.2) is 60.5 Å².